The summed E-state index contributed by atoms with van der Waals surface area (Å²) in [5.74, 6) is -0.562. The van der Waals surface area contributed by atoms with Gasteiger partial charge in [-0.1, -0.05) is 33.6 Å². The second-order valence-electron chi connectivity index (χ2n) is 5.40. The number of carbonyl (C=O) groups is 3. The molecule has 1 aliphatic heterocycles. The van der Waals surface area contributed by atoms with E-state index >= 15 is 0 Å². The van der Waals surface area contributed by atoms with Crippen LogP contribution < -0.4 is 5.32 Å². The minimum Gasteiger partial charge on any atom is -0.351 e. The Balaban J connectivity index is 1.99. The predicted molar refractivity (Wildman–Crippen MR) is 99.3 cm³/mol. The molecule has 1 aromatic rings. The van der Waals surface area contributed by atoms with E-state index in [1.807, 2.05) is 38.1 Å². The van der Waals surface area contributed by atoms with Crippen LogP contribution in [0.25, 0.3) is 6.08 Å². The molecule has 24 heavy (non-hydrogen) atoms. The molecule has 0 aliphatic carbocycles. The molecule has 1 N–H and O–H groups in total. The summed E-state index contributed by atoms with van der Waals surface area (Å²) >= 11 is 4.28. The zero-order chi connectivity index (χ0) is 17.7. The molecule has 0 radical (unpaired) electrons. The van der Waals surface area contributed by atoms with Gasteiger partial charge in [0.25, 0.3) is 11.1 Å². The van der Waals surface area contributed by atoms with Crippen molar-refractivity contribution < 1.29 is 14.4 Å². The Labute approximate surface area is 153 Å². The summed E-state index contributed by atoms with van der Waals surface area (Å²) in [6.45, 7) is 4.03. The number of imide groups is 1. The molecule has 0 unspecified atom stereocenters. The summed E-state index contributed by atoms with van der Waals surface area (Å²) in [6.07, 6.45) is 3.17. The Hall–Kier alpha value is -1.86. The van der Waals surface area contributed by atoms with Crippen LogP contribution in [-0.4, -0.2) is 35.0 Å². The topological polar surface area (TPSA) is 66.5 Å². The molecule has 1 saturated heterocycles. The lowest BCUT2D eigenvalue weighted by molar-refractivity contribution is -0.123. The lowest BCUT2D eigenvalue weighted by atomic mass is 10.2. The summed E-state index contributed by atoms with van der Waals surface area (Å²) < 4.78 is 0.900. The van der Waals surface area contributed by atoms with E-state index in [4.69, 9.17) is 0 Å². The molecule has 3 amide bonds. The fraction of sp³-hybridized carbons (Fsp3) is 0.235. The summed E-state index contributed by atoms with van der Waals surface area (Å²) in [4.78, 5) is 37.4. The lowest BCUT2D eigenvalue weighted by Crippen LogP contribution is -2.36. The van der Waals surface area contributed by atoms with Gasteiger partial charge in [-0.05, 0) is 49.4 Å². The molecule has 7 heteroatoms. The Morgan fingerprint density at radius 2 is 2.08 bits per heavy atom. The van der Waals surface area contributed by atoms with Crippen LogP contribution >= 0.6 is 27.7 Å². The second-order valence-corrected chi connectivity index (χ2v) is 7.31. The number of hydrogen-bond donors (Lipinski definition) is 1. The molecular formula is C17H17BrN2O3S. The number of amides is 3. The van der Waals surface area contributed by atoms with Crippen LogP contribution in [0.15, 0.2) is 45.3 Å². The van der Waals surface area contributed by atoms with E-state index in [0.29, 0.717) is 4.91 Å². The van der Waals surface area contributed by atoms with Crippen LogP contribution in [-0.2, 0) is 9.59 Å². The van der Waals surface area contributed by atoms with E-state index in [0.717, 1.165) is 32.3 Å². The van der Waals surface area contributed by atoms with E-state index in [-0.39, 0.29) is 30.1 Å². The standard InChI is InChI=1S/C17H17BrN2O3S/c1-11(2)8-15(21)19-6-7-20-16(22)14(24-17(20)23)10-12-4-3-5-13(18)9-12/h3-5,8-10H,6-7H2,1-2H3,(H,19,21). The highest BCUT2D eigenvalue weighted by Crippen LogP contribution is 2.32. The van der Waals surface area contributed by atoms with Crippen LogP contribution in [0.1, 0.15) is 19.4 Å². The molecule has 0 saturated carbocycles. The van der Waals surface area contributed by atoms with Gasteiger partial charge in [0.2, 0.25) is 5.91 Å². The highest BCUT2D eigenvalue weighted by Gasteiger charge is 2.34. The van der Waals surface area contributed by atoms with Gasteiger partial charge in [0.15, 0.2) is 0 Å². The van der Waals surface area contributed by atoms with Crippen molar-refractivity contribution in [2.45, 2.75) is 13.8 Å². The molecule has 0 bridgehead atoms. The quantitative estimate of drug-likeness (QED) is 0.756. The normalized spacial score (nSPS) is 15.8. The van der Waals surface area contributed by atoms with E-state index in [1.165, 1.54) is 6.08 Å². The Kier molecular flexibility index (Phi) is 6.39. The Bertz CT molecular complexity index is 739. The van der Waals surface area contributed by atoms with Crippen molar-refractivity contribution in [3.63, 3.8) is 0 Å². The third-order valence-corrected chi connectivity index (χ3v) is 4.48. The van der Waals surface area contributed by atoms with Gasteiger partial charge in [-0.2, -0.15) is 0 Å². The number of hydrogen-bond acceptors (Lipinski definition) is 4. The number of halogens is 1. The zero-order valence-electron chi connectivity index (χ0n) is 13.3. The fourth-order valence-electron chi connectivity index (χ4n) is 2.04. The van der Waals surface area contributed by atoms with Gasteiger partial charge in [0.05, 0.1) is 4.91 Å². The van der Waals surface area contributed by atoms with Gasteiger partial charge in [0, 0.05) is 23.6 Å². The first-order chi connectivity index (χ1) is 11.4. The molecule has 5 nitrogen and oxygen atoms in total. The predicted octanol–water partition coefficient (Wildman–Crippen LogP) is 3.57. The molecule has 126 valence electrons. The van der Waals surface area contributed by atoms with E-state index in [1.54, 1.807) is 6.08 Å². The van der Waals surface area contributed by atoms with Gasteiger partial charge in [-0.25, -0.2) is 0 Å². The maximum Gasteiger partial charge on any atom is 0.293 e. The average molecular weight is 409 g/mol. The van der Waals surface area contributed by atoms with Crippen molar-refractivity contribution in [1.82, 2.24) is 10.2 Å². The first-order valence-corrected chi connectivity index (χ1v) is 8.91. The summed E-state index contributed by atoms with van der Waals surface area (Å²) in [6, 6.07) is 7.48. The molecular weight excluding hydrogens is 392 g/mol. The molecule has 1 aromatic carbocycles. The number of allylic oxidation sites excluding steroid dienone is 1. The molecule has 1 aliphatic rings. The van der Waals surface area contributed by atoms with Crippen molar-refractivity contribution >= 4 is 50.8 Å². The van der Waals surface area contributed by atoms with Crippen molar-refractivity contribution in [3.8, 4) is 0 Å². The van der Waals surface area contributed by atoms with Gasteiger partial charge in [-0.15, -0.1) is 0 Å². The van der Waals surface area contributed by atoms with E-state index in [9.17, 15) is 14.4 Å². The SMILES string of the molecule is CC(C)=CC(=O)NCCN1C(=O)SC(=Cc2cccc(Br)c2)C1=O. The van der Waals surface area contributed by atoms with Crippen LogP contribution in [0.3, 0.4) is 0 Å². The van der Waals surface area contributed by atoms with Gasteiger partial charge in [-0.3, -0.25) is 19.3 Å². The smallest absolute Gasteiger partial charge is 0.293 e. The van der Waals surface area contributed by atoms with Gasteiger partial charge >= 0.3 is 0 Å². The van der Waals surface area contributed by atoms with Crippen molar-refractivity contribution in [2.24, 2.45) is 0 Å². The fourth-order valence-corrected chi connectivity index (χ4v) is 3.33. The molecule has 1 fully saturated rings. The number of rotatable bonds is 5. The highest BCUT2D eigenvalue weighted by molar-refractivity contribution is 9.10. The molecule has 1 heterocycles. The van der Waals surface area contributed by atoms with Crippen LogP contribution in [0.5, 0.6) is 0 Å². The molecule has 0 atom stereocenters. The first kappa shape index (κ1) is 18.5. The summed E-state index contributed by atoms with van der Waals surface area (Å²) in [5, 5.41) is 2.34. The van der Waals surface area contributed by atoms with Crippen molar-refractivity contribution in [1.29, 1.82) is 0 Å². The van der Waals surface area contributed by atoms with Gasteiger partial charge < -0.3 is 5.32 Å². The maximum absolute atomic E-state index is 12.3. The zero-order valence-corrected chi connectivity index (χ0v) is 15.7. The minimum atomic E-state index is -0.332. The number of nitrogens with zero attached hydrogens (tertiary/aromatic N) is 1. The summed E-state index contributed by atoms with van der Waals surface area (Å²) in [5.41, 5.74) is 1.72. The van der Waals surface area contributed by atoms with Crippen LogP contribution in [0.2, 0.25) is 0 Å². The monoisotopic (exact) mass is 408 g/mol. The maximum atomic E-state index is 12.3. The Morgan fingerprint density at radius 3 is 2.75 bits per heavy atom. The third kappa shape index (κ3) is 5.07. The van der Waals surface area contributed by atoms with Crippen LogP contribution in [0, 0.1) is 0 Å². The van der Waals surface area contributed by atoms with Crippen molar-refractivity contribution in [2.75, 3.05) is 13.1 Å². The van der Waals surface area contributed by atoms with Crippen molar-refractivity contribution in [3.05, 3.63) is 50.9 Å². The average Bonchev–Trinajstić information content (AvgIpc) is 2.74. The molecule has 0 spiro atoms. The van der Waals surface area contributed by atoms with Crippen LogP contribution in [0.4, 0.5) is 4.79 Å². The number of thioether (sulfide) groups is 1. The summed E-state index contributed by atoms with van der Waals surface area (Å²) in [7, 11) is 0. The molecule has 2 rings (SSSR count). The van der Waals surface area contributed by atoms with E-state index < -0.39 is 0 Å². The van der Waals surface area contributed by atoms with Gasteiger partial charge in [0.1, 0.15) is 0 Å². The number of benzene rings is 1. The van der Waals surface area contributed by atoms with E-state index in [2.05, 4.69) is 21.2 Å². The molecule has 0 aromatic heterocycles. The lowest BCUT2D eigenvalue weighted by Gasteiger charge is -2.12. The Morgan fingerprint density at radius 1 is 1.33 bits per heavy atom. The highest BCUT2D eigenvalue weighted by atomic mass is 79.9. The third-order valence-electron chi connectivity index (χ3n) is 3.07. The minimum absolute atomic E-state index is 0.156. The largest absolute Gasteiger partial charge is 0.351 e. The second kappa shape index (κ2) is 8.30. The number of carbonyl (C=O) groups excluding carboxylic acids is 3. The number of nitrogens with one attached hydrogen (secondary N) is 1. The first-order valence-electron chi connectivity index (χ1n) is 7.30.